The molecule has 0 N–H and O–H groups in total. The Morgan fingerprint density at radius 1 is 1.00 bits per heavy atom. The van der Waals surface area contributed by atoms with E-state index < -0.39 is 0 Å². The second-order valence-corrected chi connectivity index (χ2v) is 4.15. The summed E-state index contributed by atoms with van der Waals surface area (Å²) in [7, 11) is 0. The monoisotopic (exact) mass is 206 g/mol. The maximum Gasteiger partial charge on any atom is -0.0322 e. The number of hydrogen-bond donors (Lipinski definition) is 0. The molecule has 0 heteroatoms. The Bertz CT molecular complexity index is 186. The third kappa shape index (κ3) is 11.1. The van der Waals surface area contributed by atoms with E-state index in [4.69, 9.17) is 0 Å². The fourth-order valence-electron chi connectivity index (χ4n) is 1.42. The zero-order valence-corrected chi connectivity index (χ0v) is 10.4. The fourth-order valence-corrected chi connectivity index (χ4v) is 1.42. The van der Waals surface area contributed by atoms with Crippen molar-refractivity contribution in [2.45, 2.75) is 52.4 Å². The van der Waals surface area contributed by atoms with Gasteiger partial charge in [-0.1, -0.05) is 44.2 Å². The predicted molar refractivity (Wildman–Crippen MR) is 71.0 cm³/mol. The molecule has 0 aromatic heterocycles. The minimum Gasteiger partial charge on any atom is -0.103 e. The quantitative estimate of drug-likeness (QED) is 0.355. The van der Waals surface area contributed by atoms with E-state index in [9.17, 15) is 0 Å². The predicted octanol–water partition coefficient (Wildman–Crippen LogP) is 5.28. The molecule has 0 rings (SSSR count). The molecule has 0 heterocycles. The molecule has 1 unspecified atom stereocenters. The molecule has 0 amide bonds. The highest BCUT2D eigenvalue weighted by Gasteiger charge is 1.94. The average Bonchev–Trinajstić information content (AvgIpc) is 2.23. The first-order valence-electron chi connectivity index (χ1n) is 6.22. The van der Waals surface area contributed by atoms with Gasteiger partial charge in [-0.2, -0.15) is 0 Å². The molecule has 0 bridgehead atoms. The van der Waals surface area contributed by atoms with Crippen molar-refractivity contribution in [3.05, 3.63) is 37.0 Å². The Hall–Kier alpha value is -0.780. The van der Waals surface area contributed by atoms with Gasteiger partial charge in [0.15, 0.2) is 0 Å². The molecule has 0 aliphatic heterocycles. The molecule has 0 saturated carbocycles. The zero-order valence-electron chi connectivity index (χ0n) is 10.4. The van der Waals surface area contributed by atoms with Crippen LogP contribution in [0, 0.1) is 5.92 Å². The summed E-state index contributed by atoms with van der Waals surface area (Å²) < 4.78 is 0. The summed E-state index contributed by atoms with van der Waals surface area (Å²) in [6.45, 7) is 8.21. The van der Waals surface area contributed by atoms with Crippen molar-refractivity contribution in [3.63, 3.8) is 0 Å². The Labute approximate surface area is 95.8 Å². The van der Waals surface area contributed by atoms with E-state index in [1.807, 2.05) is 6.08 Å². The third-order valence-corrected chi connectivity index (χ3v) is 2.42. The summed E-state index contributed by atoms with van der Waals surface area (Å²) in [4.78, 5) is 0. The van der Waals surface area contributed by atoms with Crippen LogP contribution >= 0.6 is 0 Å². The molecule has 15 heavy (non-hydrogen) atoms. The lowest BCUT2D eigenvalue weighted by atomic mass is 10.0. The second-order valence-electron chi connectivity index (χ2n) is 4.15. The van der Waals surface area contributed by atoms with Gasteiger partial charge in [-0.3, -0.25) is 0 Å². The third-order valence-electron chi connectivity index (χ3n) is 2.42. The first-order chi connectivity index (χ1) is 7.31. The first kappa shape index (κ1) is 14.2. The number of allylic oxidation sites excluding steroid dienone is 5. The zero-order chi connectivity index (χ0) is 11.4. The average molecular weight is 206 g/mol. The van der Waals surface area contributed by atoms with Crippen molar-refractivity contribution >= 4 is 0 Å². The highest BCUT2D eigenvalue weighted by molar-refractivity contribution is 4.87. The van der Waals surface area contributed by atoms with Gasteiger partial charge < -0.3 is 0 Å². The van der Waals surface area contributed by atoms with Crippen LogP contribution in [0.1, 0.15) is 52.4 Å². The summed E-state index contributed by atoms with van der Waals surface area (Å²) in [5, 5.41) is 0. The van der Waals surface area contributed by atoms with Gasteiger partial charge in [0.05, 0.1) is 0 Å². The van der Waals surface area contributed by atoms with Gasteiger partial charge in [-0.25, -0.2) is 0 Å². The molecule has 0 aromatic carbocycles. The Morgan fingerprint density at radius 2 is 1.67 bits per heavy atom. The van der Waals surface area contributed by atoms with E-state index in [-0.39, 0.29) is 0 Å². The number of rotatable bonds is 9. The van der Waals surface area contributed by atoms with Crippen molar-refractivity contribution in [2.24, 2.45) is 5.92 Å². The molecule has 0 spiro atoms. The van der Waals surface area contributed by atoms with Gasteiger partial charge >= 0.3 is 0 Å². The van der Waals surface area contributed by atoms with Gasteiger partial charge in [-0.05, 0) is 44.4 Å². The van der Waals surface area contributed by atoms with Crippen molar-refractivity contribution in [2.75, 3.05) is 0 Å². The maximum absolute atomic E-state index is 3.72. The summed E-state index contributed by atoms with van der Waals surface area (Å²) in [5.41, 5.74) is 0. The standard InChI is InChI=1S/C15H26/c1-4-6-8-9-10-12-14-15(3)13-11-7-5-2/h4,7,10-12,15H,1,5-6,8-9,13-14H2,2-3H3. The smallest absolute Gasteiger partial charge is 0.0322 e. The molecule has 86 valence electrons. The van der Waals surface area contributed by atoms with Crippen LogP contribution in [-0.4, -0.2) is 0 Å². The number of hydrogen-bond acceptors (Lipinski definition) is 0. The molecule has 0 fully saturated rings. The lowest BCUT2D eigenvalue weighted by molar-refractivity contribution is 0.601. The van der Waals surface area contributed by atoms with Crippen LogP contribution in [0.5, 0.6) is 0 Å². The molecule has 0 aromatic rings. The van der Waals surface area contributed by atoms with Crippen LogP contribution in [0.2, 0.25) is 0 Å². The molecule has 0 aliphatic carbocycles. The fraction of sp³-hybridized carbons (Fsp3) is 0.600. The van der Waals surface area contributed by atoms with Crippen LogP contribution in [0.3, 0.4) is 0 Å². The van der Waals surface area contributed by atoms with E-state index in [1.54, 1.807) is 0 Å². The lowest BCUT2D eigenvalue weighted by Crippen LogP contribution is -1.89. The van der Waals surface area contributed by atoms with Crippen LogP contribution in [0.25, 0.3) is 0 Å². The van der Waals surface area contributed by atoms with Crippen molar-refractivity contribution in [1.29, 1.82) is 0 Å². The van der Waals surface area contributed by atoms with Crippen LogP contribution in [-0.2, 0) is 0 Å². The van der Waals surface area contributed by atoms with E-state index in [0.717, 1.165) is 18.8 Å². The minimum atomic E-state index is 0.781. The van der Waals surface area contributed by atoms with Gasteiger partial charge in [0, 0.05) is 0 Å². The van der Waals surface area contributed by atoms with E-state index >= 15 is 0 Å². The Morgan fingerprint density at radius 3 is 2.27 bits per heavy atom. The summed E-state index contributed by atoms with van der Waals surface area (Å²) in [6, 6.07) is 0. The van der Waals surface area contributed by atoms with E-state index in [2.05, 4.69) is 44.7 Å². The van der Waals surface area contributed by atoms with E-state index in [0.29, 0.717) is 0 Å². The second kappa shape index (κ2) is 11.3. The summed E-state index contributed by atoms with van der Waals surface area (Å²) in [6.07, 6.45) is 18.3. The lowest BCUT2D eigenvalue weighted by Gasteiger charge is -2.03. The van der Waals surface area contributed by atoms with Gasteiger partial charge in [0.25, 0.3) is 0 Å². The van der Waals surface area contributed by atoms with Gasteiger partial charge in [0.1, 0.15) is 0 Å². The van der Waals surface area contributed by atoms with Crippen molar-refractivity contribution in [1.82, 2.24) is 0 Å². The molecule has 0 radical (unpaired) electrons. The Kier molecular flexibility index (Phi) is 10.7. The maximum atomic E-state index is 3.72. The molecule has 0 aliphatic rings. The SMILES string of the molecule is C=CCCCC=CCC(C)CC=CCC. The van der Waals surface area contributed by atoms with Crippen LogP contribution in [0.4, 0.5) is 0 Å². The molecule has 1 atom stereocenters. The van der Waals surface area contributed by atoms with Crippen LogP contribution < -0.4 is 0 Å². The highest BCUT2D eigenvalue weighted by atomic mass is 14.0. The van der Waals surface area contributed by atoms with E-state index in [1.165, 1.54) is 25.7 Å². The molecule has 0 nitrogen and oxygen atoms in total. The minimum absolute atomic E-state index is 0.781. The highest BCUT2D eigenvalue weighted by Crippen LogP contribution is 2.10. The molecular weight excluding hydrogens is 180 g/mol. The molecular formula is C15H26. The van der Waals surface area contributed by atoms with Crippen LogP contribution in [0.15, 0.2) is 37.0 Å². The van der Waals surface area contributed by atoms with Gasteiger partial charge in [-0.15, -0.1) is 6.58 Å². The topological polar surface area (TPSA) is 0 Å². The summed E-state index contributed by atoms with van der Waals surface area (Å²) in [5.74, 6) is 0.781. The Balaban J connectivity index is 3.39. The largest absolute Gasteiger partial charge is 0.103 e. The number of unbranched alkanes of at least 4 members (excludes halogenated alkanes) is 2. The van der Waals surface area contributed by atoms with Gasteiger partial charge in [0.2, 0.25) is 0 Å². The van der Waals surface area contributed by atoms with Crippen molar-refractivity contribution in [3.8, 4) is 0 Å². The normalized spacial score (nSPS) is 13.7. The van der Waals surface area contributed by atoms with Crippen molar-refractivity contribution < 1.29 is 0 Å². The first-order valence-corrected chi connectivity index (χ1v) is 6.22. The molecule has 0 saturated heterocycles. The summed E-state index contributed by atoms with van der Waals surface area (Å²) >= 11 is 0.